The Hall–Kier alpha value is -1.26. The molecule has 0 spiro atoms. The minimum atomic E-state index is -0.265. The fourth-order valence-corrected chi connectivity index (χ4v) is 1.13. The molecule has 0 aromatic carbocycles. The molecule has 18 heavy (non-hydrogen) atoms. The number of hydrogen-bond donors (Lipinski definition) is 3. The first-order chi connectivity index (χ1) is 7.99. The molecule has 0 aromatic heterocycles. The van der Waals surface area contributed by atoms with Gasteiger partial charge in [0.1, 0.15) is 0 Å². The Morgan fingerprint density at radius 1 is 0.944 bits per heavy atom. The number of urea groups is 1. The summed E-state index contributed by atoms with van der Waals surface area (Å²) in [4.78, 5) is 22.9. The van der Waals surface area contributed by atoms with Gasteiger partial charge in [-0.3, -0.25) is 4.79 Å². The van der Waals surface area contributed by atoms with Gasteiger partial charge in [-0.15, -0.1) is 0 Å². The van der Waals surface area contributed by atoms with Crippen molar-refractivity contribution in [3.8, 4) is 0 Å². The van der Waals surface area contributed by atoms with Crippen LogP contribution in [0.25, 0.3) is 0 Å². The van der Waals surface area contributed by atoms with Crippen molar-refractivity contribution in [3.63, 3.8) is 0 Å². The van der Waals surface area contributed by atoms with E-state index >= 15 is 0 Å². The third-order valence-corrected chi connectivity index (χ3v) is 1.94. The summed E-state index contributed by atoms with van der Waals surface area (Å²) in [6, 6.07) is -0.244. The Kier molecular flexibility index (Phi) is 6.15. The van der Waals surface area contributed by atoms with Crippen LogP contribution in [0.1, 0.15) is 48.0 Å². The van der Waals surface area contributed by atoms with E-state index in [-0.39, 0.29) is 22.9 Å². The average Bonchev–Trinajstić information content (AvgIpc) is 2.10. The second kappa shape index (κ2) is 6.61. The molecule has 0 saturated carbocycles. The fraction of sp³-hybridized carbons (Fsp3) is 0.846. The molecule has 0 aliphatic carbocycles. The SMILES string of the molecule is CC(C)(C)CNC(=O)CCNC(=O)NC(C)(C)C. The number of hydrogen-bond acceptors (Lipinski definition) is 2. The number of rotatable bonds is 4. The highest BCUT2D eigenvalue weighted by molar-refractivity contribution is 5.78. The lowest BCUT2D eigenvalue weighted by Gasteiger charge is -2.21. The second-order valence-corrected chi connectivity index (χ2v) is 6.72. The van der Waals surface area contributed by atoms with Crippen LogP contribution in [-0.4, -0.2) is 30.6 Å². The van der Waals surface area contributed by atoms with E-state index in [0.717, 1.165) is 0 Å². The molecular formula is C13H27N3O2. The van der Waals surface area contributed by atoms with Crippen LogP contribution in [0.2, 0.25) is 0 Å². The zero-order chi connectivity index (χ0) is 14.4. The third-order valence-electron chi connectivity index (χ3n) is 1.94. The Labute approximate surface area is 110 Å². The molecule has 0 heterocycles. The molecule has 0 atom stereocenters. The van der Waals surface area contributed by atoms with Gasteiger partial charge in [-0.25, -0.2) is 4.79 Å². The van der Waals surface area contributed by atoms with E-state index in [1.807, 2.05) is 20.8 Å². The van der Waals surface area contributed by atoms with E-state index in [1.54, 1.807) is 0 Å². The van der Waals surface area contributed by atoms with Crippen molar-refractivity contribution in [3.05, 3.63) is 0 Å². The maximum absolute atomic E-state index is 11.5. The van der Waals surface area contributed by atoms with Gasteiger partial charge in [-0.05, 0) is 26.2 Å². The highest BCUT2D eigenvalue weighted by Crippen LogP contribution is 2.10. The number of carbonyl (C=O) groups is 2. The summed E-state index contributed by atoms with van der Waals surface area (Å²) in [6.45, 7) is 12.9. The van der Waals surface area contributed by atoms with Crippen LogP contribution in [0.5, 0.6) is 0 Å². The van der Waals surface area contributed by atoms with Crippen molar-refractivity contribution in [1.29, 1.82) is 0 Å². The largest absolute Gasteiger partial charge is 0.356 e. The van der Waals surface area contributed by atoms with E-state index in [2.05, 4.69) is 36.7 Å². The zero-order valence-electron chi connectivity index (χ0n) is 12.4. The highest BCUT2D eigenvalue weighted by Gasteiger charge is 2.14. The van der Waals surface area contributed by atoms with Crippen LogP contribution < -0.4 is 16.0 Å². The minimum absolute atomic E-state index is 0.0408. The predicted molar refractivity (Wildman–Crippen MR) is 73.4 cm³/mol. The average molecular weight is 257 g/mol. The normalized spacial score (nSPS) is 11.9. The Bertz CT molecular complexity index is 288. The molecule has 0 rings (SSSR count). The van der Waals surface area contributed by atoms with Crippen LogP contribution in [0.4, 0.5) is 4.79 Å². The smallest absolute Gasteiger partial charge is 0.315 e. The van der Waals surface area contributed by atoms with E-state index in [0.29, 0.717) is 19.5 Å². The lowest BCUT2D eigenvalue weighted by molar-refractivity contribution is -0.121. The van der Waals surface area contributed by atoms with Gasteiger partial charge in [0.15, 0.2) is 0 Å². The van der Waals surface area contributed by atoms with Crippen molar-refractivity contribution in [2.75, 3.05) is 13.1 Å². The van der Waals surface area contributed by atoms with Crippen LogP contribution >= 0.6 is 0 Å². The third kappa shape index (κ3) is 11.2. The Balaban J connectivity index is 3.72. The predicted octanol–water partition coefficient (Wildman–Crippen LogP) is 1.64. The summed E-state index contributed by atoms with van der Waals surface area (Å²) in [6.07, 6.45) is 0.299. The topological polar surface area (TPSA) is 70.2 Å². The summed E-state index contributed by atoms with van der Waals surface area (Å²) in [7, 11) is 0. The fourth-order valence-electron chi connectivity index (χ4n) is 1.13. The molecule has 5 heteroatoms. The minimum Gasteiger partial charge on any atom is -0.356 e. The summed E-state index contributed by atoms with van der Waals surface area (Å²) in [5.41, 5.74) is -0.189. The van der Waals surface area contributed by atoms with Gasteiger partial charge in [0.25, 0.3) is 0 Å². The van der Waals surface area contributed by atoms with E-state index in [1.165, 1.54) is 0 Å². The monoisotopic (exact) mass is 257 g/mol. The molecule has 0 radical (unpaired) electrons. The van der Waals surface area contributed by atoms with Gasteiger partial charge < -0.3 is 16.0 Å². The number of nitrogens with one attached hydrogen (secondary N) is 3. The molecule has 0 fully saturated rings. The van der Waals surface area contributed by atoms with Gasteiger partial charge in [0.05, 0.1) is 0 Å². The lowest BCUT2D eigenvalue weighted by atomic mass is 9.97. The summed E-state index contributed by atoms with van der Waals surface area (Å²) >= 11 is 0. The lowest BCUT2D eigenvalue weighted by Crippen LogP contribution is -2.47. The van der Waals surface area contributed by atoms with Crippen molar-refractivity contribution < 1.29 is 9.59 Å². The Morgan fingerprint density at radius 3 is 1.94 bits per heavy atom. The molecule has 0 aliphatic rings. The van der Waals surface area contributed by atoms with Crippen molar-refractivity contribution in [2.45, 2.75) is 53.5 Å². The molecule has 3 N–H and O–H groups in total. The zero-order valence-corrected chi connectivity index (χ0v) is 12.4. The van der Waals surface area contributed by atoms with Crippen molar-refractivity contribution in [1.82, 2.24) is 16.0 Å². The first kappa shape index (κ1) is 16.7. The molecule has 5 nitrogen and oxygen atoms in total. The molecule has 3 amide bonds. The molecule has 0 aliphatic heterocycles. The van der Waals surface area contributed by atoms with Crippen LogP contribution in [0.15, 0.2) is 0 Å². The van der Waals surface area contributed by atoms with Crippen LogP contribution in [-0.2, 0) is 4.79 Å². The first-order valence-corrected chi connectivity index (χ1v) is 6.32. The van der Waals surface area contributed by atoms with E-state index in [4.69, 9.17) is 0 Å². The maximum Gasteiger partial charge on any atom is 0.315 e. The molecule has 0 unspecified atom stereocenters. The maximum atomic E-state index is 11.5. The van der Waals surface area contributed by atoms with Gasteiger partial charge in [-0.1, -0.05) is 20.8 Å². The van der Waals surface area contributed by atoms with Crippen molar-refractivity contribution in [2.24, 2.45) is 5.41 Å². The standard InChI is InChI=1S/C13H27N3O2/c1-12(2,3)9-15-10(17)7-8-14-11(18)16-13(4,5)6/h7-9H2,1-6H3,(H,15,17)(H2,14,16,18). The molecular weight excluding hydrogens is 230 g/mol. The quantitative estimate of drug-likeness (QED) is 0.716. The van der Waals surface area contributed by atoms with Crippen LogP contribution in [0.3, 0.4) is 0 Å². The number of amides is 3. The Morgan fingerprint density at radius 2 is 1.50 bits per heavy atom. The summed E-state index contributed by atoms with van der Waals surface area (Å²) < 4.78 is 0. The molecule has 0 bridgehead atoms. The van der Waals surface area contributed by atoms with Gasteiger partial charge in [0.2, 0.25) is 5.91 Å². The van der Waals surface area contributed by atoms with Gasteiger partial charge in [-0.2, -0.15) is 0 Å². The van der Waals surface area contributed by atoms with Crippen LogP contribution in [0, 0.1) is 5.41 Å². The summed E-state index contributed by atoms with van der Waals surface area (Å²) in [5, 5.41) is 8.26. The van der Waals surface area contributed by atoms with Gasteiger partial charge >= 0.3 is 6.03 Å². The molecule has 0 saturated heterocycles. The van der Waals surface area contributed by atoms with Crippen molar-refractivity contribution >= 4 is 11.9 Å². The van der Waals surface area contributed by atoms with Gasteiger partial charge in [0, 0.05) is 25.0 Å². The van der Waals surface area contributed by atoms with E-state index in [9.17, 15) is 9.59 Å². The van der Waals surface area contributed by atoms with E-state index < -0.39 is 0 Å². The second-order valence-electron chi connectivity index (χ2n) is 6.72. The molecule has 106 valence electrons. The molecule has 0 aromatic rings. The number of carbonyl (C=O) groups excluding carboxylic acids is 2. The highest BCUT2D eigenvalue weighted by atomic mass is 16.2. The first-order valence-electron chi connectivity index (χ1n) is 6.32. The summed E-state index contributed by atoms with van der Waals surface area (Å²) in [5.74, 6) is -0.0408.